The van der Waals surface area contributed by atoms with Crippen LogP contribution >= 0.6 is 12.2 Å². The Morgan fingerprint density at radius 1 is 1.07 bits per heavy atom. The summed E-state index contributed by atoms with van der Waals surface area (Å²) < 4.78 is 13.1. The topological polar surface area (TPSA) is 51.4 Å². The highest BCUT2D eigenvalue weighted by atomic mass is 32.1. The number of rotatable bonds is 8. The Morgan fingerprint density at radius 3 is 2.34 bits per heavy atom. The van der Waals surface area contributed by atoms with E-state index in [9.17, 15) is 4.79 Å². The molecule has 154 valence electrons. The van der Waals surface area contributed by atoms with Gasteiger partial charge in [0.2, 0.25) is 5.78 Å². The molecule has 0 unspecified atom stereocenters. The number of aromatic nitrogens is 1. The number of fused-ring (bicyclic) bond motifs is 1. The third-order valence-electron chi connectivity index (χ3n) is 5.31. The molecule has 1 aromatic carbocycles. The lowest BCUT2D eigenvalue weighted by molar-refractivity contribution is -0.692. The van der Waals surface area contributed by atoms with Crippen molar-refractivity contribution in [2.75, 3.05) is 19.8 Å². The fourth-order valence-corrected chi connectivity index (χ4v) is 4.04. The molecule has 29 heavy (non-hydrogen) atoms. The number of thiocarbonyl (C=S) groups is 1. The second-order valence-corrected chi connectivity index (χ2v) is 7.55. The van der Waals surface area contributed by atoms with Crippen LogP contribution in [-0.4, -0.2) is 30.5 Å². The number of hydrogen-bond donors (Lipinski definition) is 1. The Labute approximate surface area is 178 Å². The van der Waals surface area contributed by atoms with E-state index in [1.165, 1.54) is 5.56 Å². The first-order valence-corrected chi connectivity index (χ1v) is 10.7. The van der Waals surface area contributed by atoms with Crippen LogP contribution in [0.15, 0.2) is 42.7 Å². The number of nitrogens with one attached hydrogen (secondary N) is 1. The molecule has 1 atom stereocenters. The van der Waals surface area contributed by atoms with Crippen LogP contribution in [0.5, 0.6) is 11.5 Å². The number of likely N-dealkylation sites (N-methyl/N-ethyl adjacent to an activating group) is 1. The maximum atomic E-state index is 13.4. The van der Waals surface area contributed by atoms with E-state index in [-0.39, 0.29) is 5.78 Å². The second kappa shape index (κ2) is 9.83. The minimum atomic E-state index is -0.608. The van der Waals surface area contributed by atoms with E-state index in [1.807, 2.05) is 23.9 Å². The number of Topliss-reactive ketones (excluding diaryl/α,β-unsaturated/α-hetero) is 1. The fourth-order valence-electron chi connectivity index (χ4n) is 3.67. The number of carbonyl (C=O) groups excluding carboxylic acids is 1. The molecule has 0 spiro atoms. The van der Waals surface area contributed by atoms with Gasteiger partial charge in [0.05, 0.1) is 0 Å². The van der Waals surface area contributed by atoms with Gasteiger partial charge in [-0.15, -0.1) is 0 Å². The molecule has 6 heteroatoms. The van der Waals surface area contributed by atoms with Gasteiger partial charge in [-0.2, -0.15) is 4.57 Å². The predicted molar refractivity (Wildman–Crippen MR) is 117 cm³/mol. The van der Waals surface area contributed by atoms with E-state index in [4.69, 9.17) is 21.7 Å². The standard InChI is InChI=1S/C23H28N2O3S/c1-4-16(5-2)17-9-11-25(12-10-17)21(23(29)24-6-3)22(26)18-7-8-19-20(15-18)28-14-13-27-19/h7-12,15-16,21H,4-6,13-14H2,1-3H3/p+1/t21-/m1/s1. The van der Waals surface area contributed by atoms with Gasteiger partial charge in [0.25, 0.3) is 6.04 Å². The van der Waals surface area contributed by atoms with Gasteiger partial charge >= 0.3 is 0 Å². The second-order valence-electron chi connectivity index (χ2n) is 7.11. The van der Waals surface area contributed by atoms with Gasteiger partial charge in [-0.25, -0.2) is 0 Å². The molecule has 5 nitrogen and oxygen atoms in total. The maximum absolute atomic E-state index is 13.4. The summed E-state index contributed by atoms with van der Waals surface area (Å²) in [4.78, 5) is 13.9. The van der Waals surface area contributed by atoms with Crippen molar-refractivity contribution in [2.45, 2.75) is 45.6 Å². The number of carbonyl (C=O) groups is 1. The minimum absolute atomic E-state index is 0.0757. The molecule has 0 radical (unpaired) electrons. The van der Waals surface area contributed by atoms with Crippen molar-refractivity contribution in [2.24, 2.45) is 0 Å². The molecule has 1 aromatic heterocycles. The van der Waals surface area contributed by atoms with Crippen LogP contribution in [0.4, 0.5) is 0 Å². The molecule has 0 saturated heterocycles. The van der Waals surface area contributed by atoms with Crippen molar-refractivity contribution in [1.82, 2.24) is 5.32 Å². The van der Waals surface area contributed by atoms with Crippen molar-refractivity contribution >= 4 is 23.0 Å². The van der Waals surface area contributed by atoms with Gasteiger partial charge in [-0.05, 0) is 49.4 Å². The molecule has 0 bridgehead atoms. The lowest BCUT2D eigenvalue weighted by atomic mass is 9.95. The van der Waals surface area contributed by atoms with Gasteiger partial charge < -0.3 is 14.8 Å². The summed E-state index contributed by atoms with van der Waals surface area (Å²) in [5, 5.41) is 3.15. The molecule has 0 amide bonds. The van der Waals surface area contributed by atoms with Crippen LogP contribution in [-0.2, 0) is 0 Å². The maximum Gasteiger partial charge on any atom is 0.270 e. The molecule has 1 aliphatic rings. The zero-order chi connectivity index (χ0) is 20.8. The first-order valence-electron chi connectivity index (χ1n) is 10.3. The smallest absolute Gasteiger partial charge is 0.270 e. The van der Waals surface area contributed by atoms with Crippen LogP contribution in [0, 0.1) is 0 Å². The van der Waals surface area contributed by atoms with Crippen LogP contribution in [0.1, 0.15) is 61.5 Å². The van der Waals surface area contributed by atoms with Crippen molar-refractivity contribution in [3.8, 4) is 11.5 Å². The van der Waals surface area contributed by atoms with Crippen LogP contribution < -0.4 is 19.4 Å². The van der Waals surface area contributed by atoms with Crippen molar-refractivity contribution in [3.63, 3.8) is 0 Å². The SMILES string of the molecule is CCNC(=S)[C@@H](C(=O)c1ccc2c(c1)OCCO2)[n+]1ccc(C(CC)CC)cc1. The normalized spacial score (nSPS) is 13.8. The molecule has 1 aliphatic heterocycles. The summed E-state index contributed by atoms with van der Waals surface area (Å²) in [6.07, 6.45) is 6.10. The third-order valence-corrected chi connectivity index (χ3v) is 5.68. The summed E-state index contributed by atoms with van der Waals surface area (Å²) in [5.74, 6) is 1.72. The zero-order valence-electron chi connectivity index (χ0n) is 17.3. The molecular formula is C23H29N2O3S+. The van der Waals surface area contributed by atoms with E-state index >= 15 is 0 Å². The van der Waals surface area contributed by atoms with Crippen LogP contribution in [0.3, 0.4) is 0 Å². The average molecular weight is 414 g/mol. The molecular weight excluding hydrogens is 384 g/mol. The van der Waals surface area contributed by atoms with Crippen LogP contribution in [0.25, 0.3) is 0 Å². The summed E-state index contributed by atoms with van der Waals surface area (Å²) in [5.41, 5.74) is 1.84. The highest BCUT2D eigenvalue weighted by Gasteiger charge is 2.33. The highest BCUT2D eigenvalue weighted by molar-refractivity contribution is 7.80. The first-order chi connectivity index (χ1) is 14.1. The highest BCUT2D eigenvalue weighted by Crippen LogP contribution is 2.31. The van der Waals surface area contributed by atoms with Crippen molar-refractivity contribution in [1.29, 1.82) is 0 Å². The fraction of sp³-hybridized carbons (Fsp3) is 0.435. The van der Waals surface area contributed by atoms with Gasteiger partial charge in [-0.3, -0.25) is 4.79 Å². The Hall–Kier alpha value is -2.47. The van der Waals surface area contributed by atoms with E-state index in [2.05, 4.69) is 31.3 Å². The average Bonchev–Trinajstić information content (AvgIpc) is 2.75. The molecule has 0 fully saturated rings. The Balaban J connectivity index is 1.93. The lowest BCUT2D eigenvalue weighted by Crippen LogP contribution is -2.51. The number of benzene rings is 1. The molecule has 3 rings (SSSR count). The van der Waals surface area contributed by atoms with E-state index in [1.54, 1.807) is 18.2 Å². The third kappa shape index (κ3) is 4.75. The van der Waals surface area contributed by atoms with Gasteiger partial charge in [0.1, 0.15) is 13.2 Å². The molecule has 1 N–H and O–H groups in total. The Kier molecular flexibility index (Phi) is 7.20. The monoisotopic (exact) mass is 413 g/mol. The minimum Gasteiger partial charge on any atom is -0.486 e. The Bertz CT molecular complexity index is 863. The summed E-state index contributed by atoms with van der Waals surface area (Å²) in [6.45, 7) is 8.03. The predicted octanol–water partition coefficient (Wildman–Crippen LogP) is 4.01. The number of ketones is 1. The van der Waals surface area contributed by atoms with E-state index < -0.39 is 6.04 Å². The van der Waals surface area contributed by atoms with Crippen LogP contribution in [0.2, 0.25) is 0 Å². The quantitative estimate of drug-likeness (QED) is 0.403. The van der Waals surface area contributed by atoms with E-state index in [0.29, 0.717) is 47.7 Å². The molecule has 0 aliphatic carbocycles. The summed E-state index contributed by atoms with van der Waals surface area (Å²) in [6, 6.07) is 8.89. The number of nitrogens with zero attached hydrogens (tertiary/aromatic N) is 1. The Morgan fingerprint density at radius 2 is 1.72 bits per heavy atom. The zero-order valence-corrected chi connectivity index (χ0v) is 18.1. The van der Waals surface area contributed by atoms with Crippen molar-refractivity contribution < 1.29 is 18.8 Å². The van der Waals surface area contributed by atoms with Gasteiger partial charge in [0.15, 0.2) is 28.9 Å². The van der Waals surface area contributed by atoms with Crippen molar-refractivity contribution in [3.05, 3.63) is 53.9 Å². The number of ether oxygens (including phenoxy) is 2. The lowest BCUT2D eigenvalue weighted by Gasteiger charge is -2.19. The van der Waals surface area contributed by atoms with Gasteiger partial charge in [0, 0.05) is 24.2 Å². The van der Waals surface area contributed by atoms with Gasteiger partial charge in [-0.1, -0.05) is 26.1 Å². The molecule has 2 aromatic rings. The largest absolute Gasteiger partial charge is 0.486 e. The summed E-state index contributed by atoms with van der Waals surface area (Å²) >= 11 is 5.58. The molecule has 2 heterocycles. The van der Waals surface area contributed by atoms with E-state index in [0.717, 1.165) is 12.8 Å². The number of hydrogen-bond acceptors (Lipinski definition) is 4. The molecule has 0 saturated carbocycles. The summed E-state index contributed by atoms with van der Waals surface area (Å²) in [7, 11) is 0. The first kappa shape index (κ1) is 21.2. The number of pyridine rings is 1.